The fourth-order valence-corrected chi connectivity index (χ4v) is 8.62. The fourth-order valence-electron chi connectivity index (χ4n) is 8.62. The zero-order valence-electron chi connectivity index (χ0n) is 32.1. The van der Waals surface area contributed by atoms with Crippen molar-refractivity contribution in [1.82, 2.24) is 9.55 Å². The largest absolute Gasteiger partial charge is 0.464 e. The normalized spacial score (nSPS) is 19.5. The number of hydrogen-bond acceptors (Lipinski definition) is 3. The highest BCUT2D eigenvalue weighted by Crippen LogP contribution is 2.53. The van der Waals surface area contributed by atoms with Crippen molar-refractivity contribution in [2.75, 3.05) is 0 Å². The molecule has 4 heteroatoms. The van der Waals surface area contributed by atoms with Crippen LogP contribution in [0.1, 0.15) is 87.8 Å². The van der Waals surface area contributed by atoms with Gasteiger partial charge in [0, 0.05) is 45.8 Å². The summed E-state index contributed by atoms with van der Waals surface area (Å²) >= 11 is 0. The van der Waals surface area contributed by atoms with Gasteiger partial charge in [0.05, 0.1) is 16.7 Å². The van der Waals surface area contributed by atoms with Crippen LogP contribution in [0.4, 0.5) is 0 Å². The number of aryl methyl sites for hydroxylation is 1. The summed E-state index contributed by atoms with van der Waals surface area (Å²) < 4.78 is 9.66. The van der Waals surface area contributed by atoms with Crippen molar-refractivity contribution < 1.29 is 4.74 Å². The molecule has 0 unspecified atom stereocenters. The van der Waals surface area contributed by atoms with Crippen LogP contribution in [0.2, 0.25) is 0 Å². The van der Waals surface area contributed by atoms with Gasteiger partial charge in [-0.3, -0.25) is 4.98 Å². The molecule has 7 aromatic rings. The van der Waals surface area contributed by atoms with Gasteiger partial charge in [-0.15, -0.1) is 0 Å². The summed E-state index contributed by atoms with van der Waals surface area (Å²) in [5, 5.41) is 2.47. The molecule has 5 aromatic carbocycles. The smallest absolute Gasteiger partial charge is 0.217 e. The van der Waals surface area contributed by atoms with E-state index in [-0.39, 0.29) is 5.41 Å². The number of nitrogens with zero attached hydrogens (tertiary/aromatic N) is 3. The second-order valence-electron chi connectivity index (χ2n) is 16.9. The maximum absolute atomic E-state index is 7.23. The van der Waals surface area contributed by atoms with Crippen molar-refractivity contribution in [1.29, 1.82) is 0 Å². The predicted octanol–water partition coefficient (Wildman–Crippen LogP) is 12.2. The van der Waals surface area contributed by atoms with E-state index in [2.05, 4.69) is 175 Å². The maximum atomic E-state index is 7.23. The van der Waals surface area contributed by atoms with Crippen molar-refractivity contribution in [3.8, 4) is 28.1 Å². The number of fused-ring (bicyclic) bond motifs is 8. The summed E-state index contributed by atoms with van der Waals surface area (Å²) in [5.41, 5.74) is 14.1. The summed E-state index contributed by atoms with van der Waals surface area (Å²) in [5.74, 6) is 1.00. The van der Waals surface area contributed by atoms with Crippen molar-refractivity contribution in [3.05, 3.63) is 155 Å². The molecule has 2 atom stereocenters. The third-order valence-corrected chi connectivity index (χ3v) is 11.9. The lowest BCUT2D eigenvalue weighted by molar-refractivity contribution is 0.0320. The Morgan fingerprint density at radius 3 is 2.30 bits per heavy atom. The zero-order chi connectivity index (χ0) is 36.9. The molecule has 2 aromatic heterocycles. The van der Waals surface area contributed by atoms with Gasteiger partial charge < -0.3 is 9.30 Å². The van der Waals surface area contributed by atoms with Crippen LogP contribution in [0.5, 0.6) is 0 Å². The lowest BCUT2D eigenvalue weighted by Crippen LogP contribution is -2.45. The van der Waals surface area contributed by atoms with E-state index >= 15 is 0 Å². The van der Waals surface area contributed by atoms with E-state index in [1.54, 1.807) is 0 Å². The number of benzene rings is 5. The van der Waals surface area contributed by atoms with Crippen molar-refractivity contribution in [2.24, 2.45) is 4.99 Å². The van der Waals surface area contributed by atoms with Gasteiger partial charge in [0.2, 0.25) is 5.90 Å². The molecule has 1 aliphatic carbocycles. The van der Waals surface area contributed by atoms with Gasteiger partial charge in [0.25, 0.3) is 0 Å². The molecule has 0 saturated heterocycles. The van der Waals surface area contributed by atoms with Crippen LogP contribution in [-0.2, 0) is 22.2 Å². The van der Waals surface area contributed by atoms with E-state index in [1.807, 2.05) is 6.20 Å². The van der Waals surface area contributed by atoms with E-state index in [9.17, 15) is 0 Å². The Kier molecular flexibility index (Phi) is 7.41. The minimum absolute atomic E-state index is 0.0309. The molecule has 0 fully saturated rings. The molecule has 0 amide bonds. The Morgan fingerprint density at radius 2 is 1.51 bits per heavy atom. The zero-order valence-corrected chi connectivity index (χ0v) is 32.1. The Bertz CT molecular complexity index is 2640. The molecule has 2 aliphatic rings. The van der Waals surface area contributed by atoms with Crippen LogP contribution in [0.25, 0.3) is 49.9 Å². The van der Waals surface area contributed by atoms with Gasteiger partial charge in [0.15, 0.2) is 5.60 Å². The predicted molar refractivity (Wildman–Crippen MR) is 220 cm³/mol. The standard InChI is InChI=1S/C49H47N3O/c1-30(2)34-24-35(46-51-48(7)29-33-13-9-10-14-38(33)39-15-11-12-16-42(39)49(48,8)53-46)26-37(25-34)52-44-20-17-31(3)23-41(44)40-19-18-32(27-45(40)52)43-28-36(21-22-50-43)47(4,5)6/h9-28,30H,29H2,1-8H3/t48-,49+/m1/s1. The second kappa shape index (κ2) is 11.8. The number of hydrogen-bond donors (Lipinski definition) is 0. The maximum Gasteiger partial charge on any atom is 0.217 e. The molecule has 9 rings (SSSR count). The molecule has 4 nitrogen and oxygen atoms in total. The average Bonchev–Trinajstić information content (AvgIpc) is 3.58. The summed E-state index contributed by atoms with van der Waals surface area (Å²) in [7, 11) is 0. The molecule has 264 valence electrons. The van der Waals surface area contributed by atoms with Gasteiger partial charge in [0.1, 0.15) is 5.54 Å². The Balaban J connectivity index is 1.24. The fraction of sp³-hybridized carbons (Fsp3) is 0.265. The molecule has 0 saturated carbocycles. The van der Waals surface area contributed by atoms with Crippen LogP contribution in [0.15, 0.2) is 126 Å². The number of pyridine rings is 1. The van der Waals surface area contributed by atoms with Crippen molar-refractivity contribution in [3.63, 3.8) is 0 Å². The van der Waals surface area contributed by atoms with E-state index in [0.717, 1.165) is 34.4 Å². The lowest BCUT2D eigenvalue weighted by atomic mass is 9.76. The van der Waals surface area contributed by atoms with Gasteiger partial charge in [-0.25, -0.2) is 4.99 Å². The first-order chi connectivity index (χ1) is 25.3. The monoisotopic (exact) mass is 693 g/mol. The highest BCUT2D eigenvalue weighted by Gasteiger charge is 2.56. The molecule has 53 heavy (non-hydrogen) atoms. The molecular formula is C49H47N3O. The van der Waals surface area contributed by atoms with Crippen LogP contribution in [0.3, 0.4) is 0 Å². The average molecular weight is 694 g/mol. The SMILES string of the molecule is Cc1ccc2c(c1)c1ccc(-c3cc(C(C)(C)C)ccn3)cc1n2-c1cc(C2=N[C@]3(C)Cc4ccccc4-c4ccccc4[C@]3(C)O2)cc(C(C)C)c1. The summed E-state index contributed by atoms with van der Waals surface area (Å²) in [6, 6.07) is 42.4. The molecule has 0 spiro atoms. The number of rotatable bonds is 4. The first kappa shape index (κ1) is 33.4. The van der Waals surface area contributed by atoms with Crippen LogP contribution < -0.4 is 0 Å². The highest BCUT2D eigenvalue weighted by molar-refractivity contribution is 6.10. The summed E-state index contributed by atoms with van der Waals surface area (Å²) in [4.78, 5) is 10.4. The van der Waals surface area contributed by atoms with Gasteiger partial charge in [-0.2, -0.15) is 0 Å². The molecule has 0 N–H and O–H groups in total. The number of aromatic nitrogens is 2. The molecule has 1 aliphatic heterocycles. The third kappa shape index (κ3) is 5.25. The molecule has 3 heterocycles. The van der Waals surface area contributed by atoms with Crippen molar-refractivity contribution in [2.45, 2.75) is 84.3 Å². The van der Waals surface area contributed by atoms with E-state index in [4.69, 9.17) is 14.7 Å². The van der Waals surface area contributed by atoms with E-state index in [0.29, 0.717) is 11.8 Å². The first-order valence-electron chi connectivity index (χ1n) is 19.0. The topological polar surface area (TPSA) is 39.4 Å². The molecular weight excluding hydrogens is 647 g/mol. The van der Waals surface area contributed by atoms with Gasteiger partial charge >= 0.3 is 0 Å². The van der Waals surface area contributed by atoms with E-state index in [1.165, 1.54) is 55.2 Å². The van der Waals surface area contributed by atoms with Crippen LogP contribution in [-0.4, -0.2) is 21.0 Å². The van der Waals surface area contributed by atoms with Crippen molar-refractivity contribution >= 4 is 27.7 Å². The number of aliphatic imine (C=N–C) groups is 1. The van der Waals surface area contributed by atoms with Crippen LogP contribution >= 0.6 is 0 Å². The lowest BCUT2D eigenvalue weighted by Gasteiger charge is -2.37. The van der Waals surface area contributed by atoms with E-state index < -0.39 is 11.1 Å². The molecule has 0 radical (unpaired) electrons. The Morgan fingerprint density at radius 1 is 0.736 bits per heavy atom. The highest BCUT2D eigenvalue weighted by atomic mass is 16.5. The molecule has 0 bridgehead atoms. The van der Waals surface area contributed by atoms with Crippen LogP contribution in [0, 0.1) is 6.92 Å². The number of ether oxygens (including phenoxy) is 1. The summed E-state index contributed by atoms with van der Waals surface area (Å²) in [6.45, 7) is 18.0. The first-order valence-corrected chi connectivity index (χ1v) is 19.0. The Hall–Kier alpha value is -5.48. The second-order valence-corrected chi connectivity index (χ2v) is 16.9. The third-order valence-electron chi connectivity index (χ3n) is 11.9. The minimum Gasteiger partial charge on any atom is -0.464 e. The van der Waals surface area contributed by atoms with Gasteiger partial charge in [-0.1, -0.05) is 107 Å². The Labute approximate surface area is 313 Å². The quantitative estimate of drug-likeness (QED) is 0.184. The minimum atomic E-state index is -0.653. The summed E-state index contributed by atoms with van der Waals surface area (Å²) in [6.07, 6.45) is 2.73. The van der Waals surface area contributed by atoms with Gasteiger partial charge in [-0.05, 0) is 108 Å².